The molecule has 2 unspecified atom stereocenters. The van der Waals surface area contributed by atoms with Crippen LogP contribution in [-0.4, -0.2) is 22.3 Å². The zero-order chi connectivity index (χ0) is 14.7. The molecule has 0 amide bonds. The van der Waals surface area contributed by atoms with Crippen molar-refractivity contribution in [3.05, 3.63) is 12.2 Å². The first-order valence-electron chi connectivity index (χ1n) is 7.88. The van der Waals surface area contributed by atoms with E-state index >= 15 is 0 Å². The second-order valence-corrected chi connectivity index (χ2v) is 7.75. The van der Waals surface area contributed by atoms with Crippen LogP contribution in [0.15, 0.2) is 12.2 Å². The van der Waals surface area contributed by atoms with Crippen LogP contribution in [-0.2, 0) is 9.53 Å². The van der Waals surface area contributed by atoms with E-state index in [-0.39, 0.29) is 17.5 Å². The van der Waals surface area contributed by atoms with E-state index in [1.165, 1.54) is 0 Å². The lowest BCUT2D eigenvalue weighted by atomic mass is 9.46. The normalized spacial score (nSPS) is 45.8. The van der Waals surface area contributed by atoms with Gasteiger partial charge in [-0.25, -0.2) is 4.79 Å². The second kappa shape index (κ2) is 4.33. The average Bonchev–Trinajstić information content (AvgIpc) is 2.30. The van der Waals surface area contributed by atoms with E-state index in [0.717, 1.165) is 32.1 Å². The standard InChI is InChI=1S/C17H26O3/c1-10(2)15(18)20-17(11(3)4)13-5-12-6-14(17)9-16(19,7-12)8-13/h11-14,19H,1,5-9H2,2-4H3. The number of hydrogen-bond acceptors (Lipinski definition) is 3. The highest BCUT2D eigenvalue weighted by Gasteiger charge is 2.64. The van der Waals surface area contributed by atoms with Crippen molar-refractivity contribution in [1.82, 2.24) is 0 Å². The molecule has 0 heterocycles. The van der Waals surface area contributed by atoms with Crippen LogP contribution in [0.4, 0.5) is 0 Å². The van der Waals surface area contributed by atoms with Gasteiger partial charge in [-0.1, -0.05) is 20.4 Å². The van der Waals surface area contributed by atoms with Gasteiger partial charge in [-0.3, -0.25) is 0 Å². The molecule has 2 atom stereocenters. The molecule has 4 rings (SSSR count). The molecule has 1 N–H and O–H groups in total. The van der Waals surface area contributed by atoms with Gasteiger partial charge in [0.25, 0.3) is 0 Å². The third kappa shape index (κ3) is 1.86. The van der Waals surface area contributed by atoms with Crippen LogP contribution in [0.5, 0.6) is 0 Å². The van der Waals surface area contributed by atoms with Crippen molar-refractivity contribution in [3.8, 4) is 0 Å². The second-order valence-electron chi connectivity index (χ2n) is 7.75. The molecule has 3 nitrogen and oxygen atoms in total. The van der Waals surface area contributed by atoms with E-state index in [0.29, 0.717) is 23.3 Å². The number of carbonyl (C=O) groups excluding carboxylic acids is 1. The average molecular weight is 278 g/mol. The zero-order valence-electron chi connectivity index (χ0n) is 12.8. The predicted molar refractivity (Wildman–Crippen MR) is 77.0 cm³/mol. The van der Waals surface area contributed by atoms with Crippen molar-refractivity contribution in [1.29, 1.82) is 0 Å². The van der Waals surface area contributed by atoms with E-state index in [4.69, 9.17) is 4.74 Å². The zero-order valence-corrected chi connectivity index (χ0v) is 12.8. The van der Waals surface area contributed by atoms with E-state index in [1.807, 2.05) is 0 Å². The van der Waals surface area contributed by atoms with Crippen molar-refractivity contribution in [2.45, 2.75) is 64.1 Å². The van der Waals surface area contributed by atoms with E-state index in [2.05, 4.69) is 20.4 Å². The molecule has 4 aliphatic rings. The Bertz CT molecular complexity index is 435. The van der Waals surface area contributed by atoms with Gasteiger partial charge in [0.05, 0.1) is 5.60 Å². The number of aliphatic hydroxyl groups is 1. The molecule has 112 valence electrons. The van der Waals surface area contributed by atoms with Gasteiger partial charge >= 0.3 is 5.97 Å². The molecule has 4 bridgehead atoms. The molecule has 4 fully saturated rings. The van der Waals surface area contributed by atoms with Gasteiger partial charge in [0, 0.05) is 17.4 Å². The van der Waals surface area contributed by atoms with Crippen molar-refractivity contribution in [3.63, 3.8) is 0 Å². The molecule has 0 aromatic heterocycles. The van der Waals surface area contributed by atoms with Gasteiger partial charge in [0.2, 0.25) is 0 Å². The van der Waals surface area contributed by atoms with E-state index in [9.17, 15) is 9.90 Å². The monoisotopic (exact) mass is 278 g/mol. The molecule has 0 radical (unpaired) electrons. The number of hydrogen-bond donors (Lipinski definition) is 1. The van der Waals surface area contributed by atoms with Gasteiger partial charge < -0.3 is 9.84 Å². The number of esters is 1. The Morgan fingerprint density at radius 2 is 1.80 bits per heavy atom. The Balaban J connectivity index is 1.95. The lowest BCUT2D eigenvalue weighted by Gasteiger charge is -2.64. The summed E-state index contributed by atoms with van der Waals surface area (Å²) in [6, 6.07) is 0. The highest BCUT2D eigenvalue weighted by Crippen LogP contribution is 2.63. The summed E-state index contributed by atoms with van der Waals surface area (Å²) in [5.41, 5.74) is -0.415. The topological polar surface area (TPSA) is 46.5 Å². The van der Waals surface area contributed by atoms with E-state index in [1.54, 1.807) is 6.92 Å². The summed E-state index contributed by atoms with van der Waals surface area (Å²) in [6.07, 6.45) is 4.73. The van der Waals surface area contributed by atoms with Gasteiger partial charge in [-0.2, -0.15) is 0 Å². The largest absolute Gasteiger partial charge is 0.455 e. The van der Waals surface area contributed by atoms with Gasteiger partial charge in [0.1, 0.15) is 5.60 Å². The highest BCUT2D eigenvalue weighted by atomic mass is 16.6. The molecular weight excluding hydrogens is 252 g/mol. The maximum Gasteiger partial charge on any atom is 0.333 e. The van der Waals surface area contributed by atoms with Gasteiger partial charge in [-0.15, -0.1) is 0 Å². The van der Waals surface area contributed by atoms with Gasteiger partial charge in [0.15, 0.2) is 0 Å². The SMILES string of the molecule is C=C(C)C(=O)OC1(C(C)C)C2CC3CC1CC(O)(C3)C2. The fraction of sp³-hybridized carbons (Fsp3) is 0.824. The van der Waals surface area contributed by atoms with Crippen LogP contribution in [0.3, 0.4) is 0 Å². The quantitative estimate of drug-likeness (QED) is 0.637. The first kappa shape index (κ1) is 14.1. The number of carbonyl (C=O) groups is 1. The van der Waals surface area contributed by atoms with Crippen LogP contribution in [0.1, 0.15) is 52.9 Å². The maximum absolute atomic E-state index is 12.1. The molecule has 0 saturated heterocycles. The number of ether oxygens (including phenoxy) is 1. The Morgan fingerprint density at radius 3 is 2.20 bits per heavy atom. The lowest BCUT2D eigenvalue weighted by Crippen LogP contribution is -2.66. The molecule has 20 heavy (non-hydrogen) atoms. The number of rotatable bonds is 3. The van der Waals surface area contributed by atoms with Crippen LogP contribution in [0, 0.1) is 23.7 Å². The first-order chi connectivity index (χ1) is 9.27. The molecule has 0 spiro atoms. The van der Waals surface area contributed by atoms with Crippen LogP contribution in [0.2, 0.25) is 0 Å². The minimum Gasteiger partial charge on any atom is -0.455 e. The van der Waals surface area contributed by atoms with Crippen molar-refractivity contribution < 1.29 is 14.6 Å². The molecular formula is C17H26O3. The van der Waals surface area contributed by atoms with Crippen molar-refractivity contribution >= 4 is 5.97 Å². The fourth-order valence-electron chi connectivity index (χ4n) is 5.43. The third-order valence-electron chi connectivity index (χ3n) is 5.95. The molecule has 3 heteroatoms. The molecule has 0 aromatic carbocycles. The Labute approximate surface area is 121 Å². The van der Waals surface area contributed by atoms with Crippen LogP contribution >= 0.6 is 0 Å². The lowest BCUT2D eigenvalue weighted by molar-refractivity contribution is -0.253. The van der Waals surface area contributed by atoms with Crippen molar-refractivity contribution in [2.75, 3.05) is 0 Å². The molecule has 0 aromatic rings. The fourth-order valence-corrected chi connectivity index (χ4v) is 5.43. The summed E-state index contributed by atoms with van der Waals surface area (Å²) in [4.78, 5) is 12.1. The Hall–Kier alpha value is -0.830. The highest BCUT2D eigenvalue weighted by molar-refractivity contribution is 5.87. The Morgan fingerprint density at radius 1 is 1.25 bits per heavy atom. The van der Waals surface area contributed by atoms with Crippen molar-refractivity contribution in [2.24, 2.45) is 23.7 Å². The summed E-state index contributed by atoms with van der Waals surface area (Å²) in [5, 5.41) is 10.7. The minimum atomic E-state index is -0.496. The van der Waals surface area contributed by atoms with E-state index < -0.39 is 5.60 Å². The van der Waals surface area contributed by atoms with Crippen LogP contribution in [0.25, 0.3) is 0 Å². The summed E-state index contributed by atoms with van der Waals surface area (Å²) in [7, 11) is 0. The molecule has 0 aliphatic heterocycles. The third-order valence-corrected chi connectivity index (χ3v) is 5.95. The maximum atomic E-state index is 12.1. The first-order valence-corrected chi connectivity index (χ1v) is 7.88. The molecule has 4 aliphatic carbocycles. The van der Waals surface area contributed by atoms with Gasteiger partial charge in [-0.05, 0) is 50.9 Å². The minimum absolute atomic E-state index is 0.266. The summed E-state index contributed by atoms with van der Waals surface area (Å²) < 4.78 is 6.03. The summed E-state index contributed by atoms with van der Waals surface area (Å²) in [5.74, 6) is 1.25. The predicted octanol–water partition coefficient (Wildman–Crippen LogP) is 3.07. The Kier molecular flexibility index (Phi) is 3.06. The summed E-state index contributed by atoms with van der Waals surface area (Å²) in [6.45, 7) is 9.73. The smallest absolute Gasteiger partial charge is 0.333 e. The molecule has 4 saturated carbocycles. The van der Waals surface area contributed by atoms with Crippen LogP contribution < -0.4 is 0 Å². The summed E-state index contributed by atoms with van der Waals surface area (Å²) >= 11 is 0.